The fraction of sp³-hybridized carbons (Fsp3) is 0.909. The van der Waals surface area contributed by atoms with Crippen molar-refractivity contribution in [3.05, 3.63) is 0 Å². The largest absolute Gasteiger partial charge is 0.481 e. The minimum absolute atomic E-state index is 0.122. The van der Waals surface area contributed by atoms with E-state index >= 15 is 0 Å². The van der Waals surface area contributed by atoms with Gasteiger partial charge in [0, 0.05) is 0 Å². The van der Waals surface area contributed by atoms with Crippen molar-refractivity contribution >= 4 is 5.97 Å². The SMILES string of the molecule is C[C@@H](CC(=O)O)OC1CCCCCC1. The van der Waals surface area contributed by atoms with E-state index in [-0.39, 0.29) is 12.5 Å². The van der Waals surface area contributed by atoms with Crippen LogP contribution < -0.4 is 0 Å². The first-order valence-corrected chi connectivity index (χ1v) is 5.55. The smallest absolute Gasteiger partial charge is 0.305 e. The molecule has 0 aliphatic heterocycles. The number of hydrogen-bond acceptors (Lipinski definition) is 2. The summed E-state index contributed by atoms with van der Waals surface area (Å²) >= 11 is 0. The van der Waals surface area contributed by atoms with Gasteiger partial charge < -0.3 is 9.84 Å². The Morgan fingerprint density at radius 3 is 2.43 bits per heavy atom. The Morgan fingerprint density at radius 1 is 1.36 bits per heavy atom. The number of carboxylic acid groups (broad SMARTS) is 1. The molecule has 0 aromatic carbocycles. The lowest BCUT2D eigenvalue weighted by Gasteiger charge is -2.19. The second-order valence-corrected chi connectivity index (χ2v) is 4.16. The number of hydrogen-bond donors (Lipinski definition) is 1. The van der Waals surface area contributed by atoms with Crippen LogP contribution in [0, 0.1) is 0 Å². The van der Waals surface area contributed by atoms with E-state index in [9.17, 15) is 4.79 Å². The summed E-state index contributed by atoms with van der Waals surface area (Å²) in [6, 6.07) is 0. The van der Waals surface area contributed by atoms with E-state index in [4.69, 9.17) is 9.84 Å². The van der Waals surface area contributed by atoms with E-state index in [1.165, 1.54) is 25.7 Å². The maximum absolute atomic E-state index is 10.4. The zero-order valence-electron chi connectivity index (χ0n) is 8.87. The number of rotatable bonds is 4. The highest BCUT2D eigenvalue weighted by atomic mass is 16.5. The van der Waals surface area contributed by atoms with Crippen molar-refractivity contribution < 1.29 is 14.6 Å². The molecule has 0 saturated heterocycles. The highest BCUT2D eigenvalue weighted by Gasteiger charge is 2.17. The molecule has 1 N–H and O–H groups in total. The molecule has 0 heterocycles. The Balaban J connectivity index is 2.23. The molecule has 0 amide bonds. The van der Waals surface area contributed by atoms with Gasteiger partial charge in [-0.15, -0.1) is 0 Å². The van der Waals surface area contributed by atoms with Gasteiger partial charge in [0.05, 0.1) is 18.6 Å². The average Bonchev–Trinajstić information content (AvgIpc) is 2.31. The van der Waals surface area contributed by atoms with E-state index < -0.39 is 5.97 Å². The Kier molecular flexibility index (Phi) is 4.94. The standard InChI is InChI=1S/C11H20O3/c1-9(8-11(12)13)14-10-6-4-2-3-5-7-10/h9-10H,2-8H2,1H3,(H,12,13)/t9-/m0/s1. The lowest BCUT2D eigenvalue weighted by molar-refractivity contribution is -0.141. The Hall–Kier alpha value is -0.570. The normalized spacial score (nSPS) is 21.5. The van der Waals surface area contributed by atoms with Crippen molar-refractivity contribution in [1.82, 2.24) is 0 Å². The van der Waals surface area contributed by atoms with Crippen LogP contribution in [0.5, 0.6) is 0 Å². The first-order valence-electron chi connectivity index (χ1n) is 5.55. The van der Waals surface area contributed by atoms with Crippen molar-refractivity contribution in [3.63, 3.8) is 0 Å². The second kappa shape index (κ2) is 6.02. The number of ether oxygens (including phenoxy) is 1. The molecule has 0 aromatic heterocycles. The Morgan fingerprint density at radius 2 is 1.93 bits per heavy atom. The summed E-state index contributed by atoms with van der Waals surface area (Å²) in [6.07, 6.45) is 7.53. The van der Waals surface area contributed by atoms with E-state index in [0.29, 0.717) is 6.10 Å². The fourth-order valence-electron chi connectivity index (χ4n) is 2.00. The Bertz CT molecular complexity index is 171. The Labute approximate surface area is 85.5 Å². The van der Waals surface area contributed by atoms with Crippen LogP contribution in [0.3, 0.4) is 0 Å². The lowest BCUT2D eigenvalue weighted by Crippen LogP contribution is -2.21. The van der Waals surface area contributed by atoms with E-state index in [2.05, 4.69) is 0 Å². The summed E-state index contributed by atoms with van der Waals surface area (Å²) in [6.45, 7) is 1.85. The van der Waals surface area contributed by atoms with Crippen LogP contribution in [0.4, 0.5) is 0 Å². The summed E-state index contributed by atoms with van der Waals surface area (Å²) in [7, 11) is 0. The third-order valence-corrected chi connectivity index (χ3v) is 2.69. The minimum atomic E-state index is -0.772. The van der Waals surface area contributed by atoms with Crippen LogP contribution in [0.2, 0.25) is 0 Å². The summed E-state index contributed by atoms with van der Waals surface area (Å²) < 4.78 is 5.70. The van der Waals surface area contributed by atoms with E-state index in [0.717, 1.165) is 12.8 Å². The van der Waals surface area contributed by atoms with Crippen molar-refractivity contribution in [2.24, 2.45) is 0 Å². The minimum Gasteiger partial charge on any atom is -0.481 e. The van der Waals surface area contributed by atoms with Crippen LogP contribution in [-0.2, 0) is 9.53 Å². The van der Waals surface area contributed by atoms with E-state index in [1.807, 2.05) is 6.92 Å². The third kappa shape index (κ3) is 4.61. The molecule has 1 saturated carbocycles. The molecule has 1 aliphatic rings. The number of aliphatic carboxylic acids is 1. The van der Waals surface area contributed by atoms with Crippen molar-refractivity contribution in [1.29, 1.82) is 0 Å². The maximum atomic E-state index is 10.4. The predicted molar refractivity (Wildman–Crippen MR) is 54.3 cm³/mol. The van der Waals surface area contributed by atoms with Gasteiger partial charge in [0.25, 0.3) is 0 Å². The second-order valence-electron chi connectivity index (χ2n) is 4.16. The highest BCUT2D eigenvalue weighted by molar-refractivity contribution is 5.67. The van der Waals surface area contributed by atoms with Gasteiger partial charge in [-0.2, -0.15) is 0 Å². The van der Waals surface area contributed by atoms with Crippen molar-refractivity contribution in [2.75, 3.05) is 0 Å². The van der Waals surface area contributed by atoms with Crippen LogP contribution in [0.1, 0.15) is 51.9 Å². The molecule has 0 spiro atoms. The van der Waals surface area contributed by atoms with Gasteiger partial charge in [-0.05, 0) is 19.8 Å². The first-order chi connectivity index (χ1) is 6.68. The van der Waals surface area contributed by atoms with Gasteiger partial charge in [-0.1, -0.05) is 25.7 Å². The predicted octanol–water partition coefficient (Wildman–Crippen LogP) is 2.59. The van der Waals surface area contributed by atoms with Crippen LogP contribution in [0.25, 0.3) is 0 Å². The molecule has 0 aromatic rings. The average molecular weight is 200 g/mol. The van der Waals surface area contributed by atoms with Gasteiger partial charge in [0.15, 0.2) is 0 Å². The molecule has 1 atom stereocenters. The van der Waals surface area contributed by atoms with Crippen molar-refractivity contribution in [3.8, 4) is 0 Å². The van der Waals surface area contributed by atoms with Gasteiger partial charge in [0.1, 0.15) is 0 Å². The van der Waals surface area contributed by atoms with Crippen LogP contribution >= 0.6 is 0 Å². The quantitative estimate of drug-likeness (QED) is 0.709. The van der Waals surface area contributed by atoms with Gasteiger partial charge in [-0.25, -0.2) is 0 Å². The molecule has 0 unspecified atom stereocenters. The first kappa shape index (κ1) is 11.5. The highest BCUT2D eigenvalue weighted by Crippen LogP contribution is 2.21. The molecule has 1 aliphatic carbocycles. The number of carbonyl (C=O) groups is 1. The molecule has 0 radical (unpaired) electrons. The lowest BCUT2D eigenvalue weighted by atomic mass is 10.1. The summed E-state index contributed by atoms with van der Waals surface area (Å²) in [5.74, 6) is -0.772. The summed E-state index contributed by atoms with van der Waals surface area (Å²) in [4.78, 5) is 10.4. The third-order valence-electron chi connectivity index (χ3n) is 2.69. The topological polar surface area (TPSA) is 46.5 Å². The van der Waals surface area contributed by atoms with Gasteiger partial charge in [0.2, 0.25) is 0 Å². The number of carboxylic acids is 1. The molecule has 1 fully saturated rings. The molecular weight excluding hydrogens is 180 g/mol. The fourth-order valence-corrected chi connectivity index (χ4v) is 2.00. The molecule has 82 valence electrons. The molecule has 3 heteroatoms. The molecule has 3 nitrogen and oxygen atoms in total. The zero-order chi connectivity index (χ0) is 10.4. The molecule has 0 bridgehead atoms. The zero-order valence-corrected chi connectivity index (χ0v) is 8.87. The summed E-state index contributed by atoms with van der Waals surface area (Å²) in [5, 5.41) is 8.59. The summed E-state index contributed by atoms with van der Waals surface area (Å²) in [5.41, 5.74) is 0. The van der Waals surface area contributed by atoms with Gasteiger partial charge in [-0.3, -0.25) is 4.79 Å². The maximum Gasteiger partial charge on any atom is 0.305 e. The molecule has 14 heavy (non-hydrogen) atoms. The molecule has 1 rings (SSSR count). The van der Waals surface area contributed by atoms with Crippen LogP contribution in [0.15, 0.2) is 0 Å². The van der Waals surface area contributed by atoms with E-state index in [1.54, 1.807) is 0 Å². The van der Waals surface area contributed by atoms with Gasteiger partial charge >= 0.3 is 5.97 Å². The van der Waals surface area contributed by atoms with Crippen LogP contribution in [-0.4, -0.2) is 23.3 Å². The monoisotopic (exact) mass is 200 g/mol. The van der Waals surface area contributed by atoms with Crippen molar-refractivity contribution in [2.45, 2.75) is 64.1 Å². The molecular formula is C11H20O3.